The van der Waals surface area contributed by atoms with Gasteiger partial charge >= 0.3 is 18.2 Å². The molecule has 1 saturated carbocycles. The van der Waals surface area contributed by atoms with Gasteiger partial charge in [0.25, 0.3) is 11.3 Å². The second kappa shape index (κ2) is 18.7. The molecule has 0 saturated heterocycles. The van der Waals surface area contributed by atoms with Crippen LogP contribution in [0.5, 0.6) is 5.75 Å². The fourth-order valence-corrected chi connectivity index (χ4v) is 10.2. The van der Waals surface area contributed by atoms with Crippen LogP contribution in [0.2, 0.25) is 23.2 Å². The SMILES string of the molecule is CC[Si](CC)(CC)OC(CN(CCOc1ccc2c(C3CCC3)nn(C(=O)O)c2c1)C(=O)OC(C)(C)C)c1ccc(Cl)c(N(CC(=O)OC(C)(C)C)S(=O)O)c1. The number of aromatic nitrogens is 2. The highest BCUT2D eigenvalue weighted by atomic mass is 35.5. The highest BCUT2D eigenvalue weighted by Crippen LogP contribution is 2.40. The first-order valence-electron chi connectivity index (χ1n) is 19.1. The van der Waals surface area contributed by atoms with E-state index in [2.05, 4.69) is 25.9 Å². The minimum atomic E-state index is -2.65. The summed E-state index contributed by atoms with van der Waals surface area (Å²) in [5, 5.41) is 15.2. The molecule has 2 N–H and O–H groups in total. The first kappa shape index (κ1) is 45.0. The number of rotatable bonds is 17. The van der Waals surface area contributed by atoms with Crippen molar-refractivity contribution in [3.05, 3.63) is 52.7 Å². The lowest BCUT2D eigenvalue weighted by Gasteiger charge is -2.37. The van der Waals surface area contributed by atoms with Gasteiger partial charge in [0.15, 0.2) is 8.32 Å². The Labute approximate surface area is 338 Å². The van der Waals surface area contributed by atoms with Crippen LogP contribution >= 0.6 is 11.6 Å². The minimum Gasteiger partial charge on any atom is -0.492 e. The summed E-state index contributed by atoms with van der Waals surface area (Å²) in [7, 11) is -2.37. The lowest BCUT2D eigenvalue weighted by Crippen LogP contribution is -2.45. The van der Waals surface area contributed by atoms with Crippen LogP contribution in [0.3, 0.4) is 0 Å². The molecule has 3 aromatic rings. The third-order valence-electron chi connectivity index (χ3n) is 9.84. The topological polar surface area (TPSA) is 170 Å². The first-order valence-corrected chi connectivity index (χ1v) is 23.1. The molecule has 1 fully saturated rings. The number of nitrogens with zero attached hydrogens (tertiary/aromatic N) is 4. The normalized spacial score (nSPS) is 14.8. The zero-order chi connectivity index (χ0) is 41.6. The quantitative estimate of drug-likeness (QED) is 0.0755. The van der Waals surface area contributed by atoms with Crippen LogP contribution in [-0.2, 0) is 30.0 Å². The van der Waals surface area contributed by atoms with Crippen molar-refractivity contribution in [2.75, 3.05) is 30.5 Å². The predicted molar refractivity (Wildman–Crippen MR) is 219 cm³/mol. The number of hydrogen-bond acceptors (Lipinski definition) is 9. The van der Waals surface area contributed by atoms with E-state index in [0.29, 0.717) is 16.8 Å². The molecule has 17 heteroatoms. The van der Waals surface area contributed by atoms with Crippen LogP contribution in [0.4, 0.5) is 15.3 Å². The number of esters is 1. The average molecular weight is 838 g/mol. The van der Waals surface area contributed by atoms with Gasteiger partial charge in [0.1, 0.15) is 30.1 Å². The van der Waals surface area contributed by atoms with Gasteiger partial charge in [-0.3, -0.25) is 13.7 Å². The third-order valence-corrected chi connectivity index (χ3v) is 15.5. The van der Waals surface area contributed by atoms with E-state index in [1.165, 1.54) is 4.90 Å². The zero-order valence-electron chi connectivity index (χ0n) is 33.9. The smallest absolute Gasteiger partial charge is 0.432 e. The maximum atomic E-state index is 13.9. The summed E-state index contributed by atoms with van der Waals surface area (Å²) < 4.78 is 49.3. The third kappa shape index (κ3) is 11.7. The standard InChI is InChI=1S/C39H57ClN4O10SSi/c1-10-56(11-2,12-3)54-33(27-16-19-30(40)32(22-27)43(55(49)50)25-34(45)52-38(4,5)6)24-42(37(48)53-39(7,8)9)20-21-51-28-17-18-29-31(23-28)44(36(46)47)41-35(29)26-14-13-15-26/h16-19,22-23,26,33H,10-15,20-21,24-25H2,1-9H3,(H,46,47)(H,49,50). The Bertz CT molecular complexity index is 1880. The van der Waals surface area contributed by atoms with E-state index in [4.69, 9.17) is 30.2 Å². The van der Waals surface area contributed by atoms with Gasteiger partial charge in [-0.25, -0.2) is 13.8 Å². The Morgan fingerprint density at radius 2 is 1.64 bits per heavy atom. The van der Waals surface area contributed by atoms with Crippen molar-refractivity contribution < 1.29 is 46.9 Å². The summed E-state index contributed by atoms with van der Waals surface area (Å²) in [4.78, 5) is 40.3. The summed E-state index contributed by atoms with van der Waals surface area (Å²) in [6.45, 7) is 16.3. The van der Waals surface area contributed by atoms with Gasteiger partial charge in [-0.15, -0.1) is 0 Å². The molecular weight excluding hydrogens is 780 g/mol. The first-order chi connectivity index (χ1) is 26.2. The van der Waals surface area contributed by atoms with E-state index in [-0.39, 0.29) is 36.3 Å². The Morgan fingerprint density at radius 1 is 1.00 bits per heavy atom. The lowest BCUT2D eigenvalue weighted by molar-refractivity contribution is -0.152. The molecule has 4 rings (SSSR count). The number of hydrogen-bond donors (Lipinski definition) is 2. The van der Waals surface area contributed by atoms with Gasteiger partial charge in [-0.1, -0.05) is 44.9 Å². The summed E-state index contributed by atoms with van der Waals surface area (Å²) in [5.74, 6) is -0.0753. The van der Waals surface area contributed by atoms with Crippen LogP contribution in [0, 0.1) is 0 Å². The van der Waals surface area contributed by atoms with Gasteiger partial charge in [-0.05, 0) is 102 Å². The van der Waals surface area contributed by atoms with Gasteiger partial charge < -0.3 is 28.6 Å². The number of benzene rings is 2. The number of ether oxygens (including phenoxy) is 3. The van der Waals surface area contributed by atoms with Crippen molar-refractivity contribution in [2.24, 2.45) is 0 Å². The molecule has 1 amide bonds. The van der Waals surface area contributed by atoms with Crippen molar-refractivity contribution in [1.82, 2.24) is 14.7 Å². The summed E-state index contributed by atoms with van der Waals surface area (Å²) in [6.07, 6.45) is 0.502. The molecule has 56 heavy (non-hydrogen) atoms. The Morgan fingerprint density at radius 3 is 2.18 bits per heavy atom. The number of amides is 1. The summed E-state index contributed by atoms with van der Waals surface area (Å²) >= 11 is 3.96. The van der Waals surface area contributed by atoms with E-state index >= 15 is 0 Å². The van der Waals surface area contributed by atoms with Gasteiger partial charge in [-0.2, -0.15) is 9.78 Å². The highest BCUT2D eigenvalue weighted by Gasteiger charge is 2.36. The predicted octanol–water partition coefficient (Wildman–Crippen LogP) is 9.15. The van der Waals surface area contributed by atoms with Crippen LogP contribution in [-0.4, -0.2) is 92.5 Å². The molecule has 0 bridgehead atoms. The van der Waals surface area contributed by atoms with Crippen molar-refractivity contribution in [2.45, 2.75) is 123 Å². The zero-order valence-corrected chi connectivity index (χ0v) is 36.5. The maximum absolute atomic E-state index is 13.9. The molecule has 2 aromatic carbocycles. The summed E-state index contributed by atoms with van der Waals surface area (Å²) in [6, 6.07) is 12.6. The van der Waals surface area contributed by atoms with Crippen molar-refractivity contribution in [3.63, 3.8) is 0 Å². The monoisotopic (exact) mass is 836 g/mol. The van der Waals surface area contributed by atoms with E-state index in [1.54, 1.807) is 71.9 Å². The number of carbonyl (C=O) groups excluding carboxylic acids is 2. The maximum Gasteiger partial charge on any atom is 0.432 e. The molecule has 0 radical (unpaired) electrons. The van der Waals surface area contributed by atoms with E-state index < -0.39 is 61.6 Å². The largest absolute Gasteiger partial charge is 0.492 e. The molecule has 310 valence electrons. The van der Waals surface area contributed by atoms with Crippen LogP contribution in [0.25, 0.3) is 10.9 Å². The lowest BCUT2D eigenvalue weighted by atomic mass is 9.82. The molecule has 2 unspecified atom stereocenters. The molecule has 2 atom stereocenters. The molecule has 14 nitrogen and oxygen atoms in total. The molecule has 0 aliphatic heterocycles. The Balaban J connectivity index is 1.68. The average Bonchev–Trinajstić information content (AvgIpc) is 3.45. The van der Waals surface area contributed by atoms with E-state index in [1.807, 2.05) is 6.07 Å². The summed E-state index contributed by atoms with van der Waals surface area (Å²) in [5.41, 5.74) is 0.250. The number of carboxylic acid groups (broad SMARTS) is 1. The van der Waals surface area contributed by atoms with Crippen LogP contribution < -0.4 is 9.04 Å². The second-order valence-corrected chi connectivity index (χ2v) is 22.1. The molecule has 1 aliphatic rings. The van der Waals surface area contributed by atoms with E-state index in [0.717, 1.165) is 57.5 Å². The second-order valence-electron chi connectivity index (χ2n) is 16.1. The number of fused-ring (bicyclic) bond motifs is 1. The molecule has 1 aliphatic carbocycles. The van der Waals surface area contributed by atoms with Crippen molar-refractivity contribution >= 4 is 65.9 Å². The Hall–Kier alpha value is -3.70. The highest BCUT2D eigenvalue weighted by molar-refractivity contribution is 7.80. The molecular formula is C39H57ClN4O10SSi. The minimum absolute atomic E-state index is 0.0257. The number of carbonyl (C=O) groups is 3. The van der Waals surface area contributed by atoms with Crippen LogP contribution in [0.1, 0.15) is 105 Å². The fourth-order valence-electron chi connectivity index (χ4n) is 6.54. The van der Waals surface area contributed by atoms with E-state index in [9.17, 15) is 28.3 Å². The van der Waals surface area contributed by atoms with Crippen molar-refractivity contribution in [1.29, 1.82) is 0 Å². The van der Waals surface area contributed by atoms with Crippen molar-refractivity contribution in [3.8, 4) is 5.75 Å². The fraction of sp³-hybridized carbons (Fsp3) is 0.590. The Kier molecular flexibility index (Phi) is 15.0. The molecule has 1 aromatic heterocycles. The van der Waals surface area contributed by atoms with Gasteiger partial charge in [0.05, 0.1) is 41.1 Å². The van der Waals surface area contributed by atoms with Crippen LogP contribution in [0.15, 0.2) is 36.4 Å². The van der Waals surface area contributed by atoms with Gasteiger partial charge in [0, 0.05) is 17.4 Å². The molecule has 1 heterocycles. The van der Waals surface area contributed by atoms with Gasteiger partial charge in [0.2, 0.25) is 0 Å². The number of halogens is 1. The molecule has 0 spiro atoms. The number of anilines is 1.